The molecule has 7 nitrogen and oxygen atoms in total. The average Bonchev–Trinajstić information content (AvgIpc) is 3.13. The highest BCUT2D eigenvalue weighted by Gasteiger charge is 2.45. The number of aliphatic hydroxyl groups excluding tert-OH is 1. The predicted molar refractivity (Wildman–Crippen MR) is 107 cm³/mol. The second-order valence-electron chi connectivity index (χ2n) is 7.57. The standard InChI is InChI=1S/C20H20BrN5O2/c21-15-7-18-24-16(11-26(18)23-10-15)19(28)25-6-5-20(17(27)12-25)8-13-3-1-2-4-14(13)9-22-20/h1-4,7,10-11,17,22,27H,5-6,8-9,12H2/t17-,20+/m1/s1. The Balaban J connectivity index is 1.35. The van der Waals surface area contributed by atoms with Crippen molar-refractivity contribution in [2.75, 3.05) is 13.1 Å². The number of halogens is 1. The van der Waals surface area contributed by atoms with E-state index in [1.165, 1.54) is 11.1 Å². The van der Waals surface area contributed by atoms with E-state index in [0.717, 1.165) is 17.4 Å². The number of carbonyl (C=O) groups excluding carboxylic acids is 1. The van der Waals surface area contributed by atoms with Gasteiger partial charge >= 0.3 is 0 Å². The molecule has 3 aromatic rings. The molecular weight excluding hydrogens is 422 g/mol. The van der Waals surface area contributed by atoms with Gasteiger partial charge in [0, 0.05) is 24.1 Å². The van der Waals surface area contributed by atoms with E-state index in [9.17, 15) is 9.90 Å². The van der Waals surface area contributed by atoms with Gasteiger partial charge in [0.1, 0.15) is 5.69 Å². The highest BCUT2D eigenvalue weighted by atomic mass is 79.9. The molecule has 1 spiro atoms. The number of carbonyl (C=O) groups is 1. The van der Waals surface area contributed by atoms with E-state index >= 15 is 0 Å². The number of hydrogen-bond donors (Lipinski definition) is 2. The summed E-state index contributed by atoms with van der Waals surface area (Å²) in [5.74, 6) is -0.174. The maximum absolute atomic E-state index is 12.9. The second kappa shape index (κ2) is 6.65. The zero-order valence-electron chi connectivity index (χ0n) is 15.2. The van der Waals surface area contributed by atoms with Crippen LogP contribution in [0.15, 0.2) is 47.2 Å². The van der Waals surface area contributed by atoms with Gasteiger partial charge in [0.2, 0.25) is 0 Å². The molecule has 1 fully saturated rings. The van der Waals surface area contributed by atoms with Crippen LogP contribution >= 0.6 is 15.9 Å². The molecule has 0 saturated carbocycles. The van der Waals surface area contributed by atoms with Gasteiger partial charge < -0.3 is 15.3 Å². The first-order chi connectivity index (χ1) is 13.5. The predicted octanol–water partition coefficient (Wildman–Crippen LogP) is 1.78. The van der Waals surface area contributed by atoms with Crippen LogP contribution in [0.4, 0.5) is 0 Å². The Labute approximate surface area is 170 Å². The summed E-state index contributed by atoms with van der Waals surface area (Å²) in [5.41, 5.74) is 3.13. The molecule has 0 radical (unpaired) electrons. The molecule has 2 atom stereocenters. The van der Waals surface area contributed by atoms with Crippen molar-refractivity contribution in [1.82, 2.24) is 24.8 Å². The number of β-amino-alcohol motifs (C(OH)–C–C–N with tert-alkyl or cyclic N) is 1. The molecule has 2 aliphatic heterocycles. The number of benzene rings is 1. The molecule has 0 aliphatic carbocycles. The lowest BCUT2D eigenvalue weighted by molar-refractivity contribution is -0.0140. The van der Waals surface area contributed by atoms with E-state index in [4.69, 9.17) is 0 Å². The maximum atomic E-state index is 12.9. The van der Waals surface area contributed by atoms with Crippen molar-refractivity contribution in [2.24, 2.45) is 0 Å². The Hall–Kier alpha value is -2.29. The van der Waals surface area contributed by atoms with Gasteiger partial charge in [0.15, 0.2) is 5.65 Å². The molecule has 144 valence electrons. The van der Waals surface area contributed by atoms with Crippen molar-refractivity contribution in [3.8, 4) is 0 Å². The second-order valence-corrected chi connectivity index (χ2v) is 8.49. The quantitative estimate of drug-likeness (QED) is 0.601. The summed E-state index contributed by atoms with van der Waals surface area (Å²) in [6.45, 7) is 1.61. The van der Waals surface area contributed by atoms with Crippen LogP contribution in [0.1, 0.15) is 28.0 Å². The van der Waals surface area contributed by atoms with Crippen LogP contribution in [-0.4, -0.2) is 55.2 Å². The number of aromatic nitrogens is 3. The van der Waals surface area contributed by atoms with Gasteiger partial charge in [-0.1, -0.05) is 24.3 Å². The number of aliphatic hydroxyl groups is 1. The summed E-state index contributed by atoms with van der Waals surface area (Å²) in [6.07, 6.45) is 4.13. The van der Waals surface area contributed by atoms with Crippen LogP contribution in [0, 0.1) is 0 Å². The minimum atomic E-state index is -0.636. The number of nitrogens with zero attached hydrogens (tertiary/aromatic N) is 4. The molecule has 2 N–H and O–H groups in total. The number of imidazole rings is 1. The molecule has 2 aliphatic rings. The van der Waals surface area contributed by atoms with Crippen molar-refractivity contribution < 1.29 is 9.90 Å². The Bertz CT molecular complexity index is 1070. The average molecular weight is 442 g/mol. The normalized spacial score (nSPS) is 24.5. The summed E-state index contributed by atoms with van der Waals surface area (Å²) in [5, 5.41) is 18.7. The molecule has 1 aromatic carbocycles. The number of fused-ring (bicyclic) bond motifs is 2. The number of nitrogens with one attached hydrogen (secondary N) is 1. The van der Waals surface area contributed by atoms with Crippen molar-refractivity contribution in [3.05, 3.63) is 64.0 Å². The number of rotatable bonds is 1. The Morgan fingerprint density at radius 3 is 2.96 bits per heavy atom. The first-order valence-electron chi connectivity index (χ1n) is 9.34. The van der Waals surface area contributed by atoms with Gasteiger partial charge in [0.25, 0.3) is 5.91 Å². The minimum Gasteiger partial charge on any atom is -0.389 e. The number of amides is 1. The zero-order chi connectivity index (χ0) is 19.3. The van der Waals surface area contributed by atoms with Crippen molar-refractivity contribution in [3.63, 3.8) is 0 Å². The molecular formula is C20H20BrN5O2. The van der Waals surface area contributed by atoms with Gasteiger partial charge in [-0.3, -0.25) is 4.79 Å². The summed E-state index contributed by atoms with van der Waals surface area (Å²) < 4.78 is 2.39. The highest BCUT2D eigenvalue weighted by molar-refractivity contribution is 9.10. The van der Waals surface area contributed by atoms with E-state index in [0.29, 0.717) is 30.9 Å². The fourth-order valence-corrected chi connectivity index (χ4v) is 4.56. The molecule has 5 rings (SSSR count). The van der Waals surface area contributed by atoms with Crippen LogP contribution in [0.2, 0.25) is 0 Å². The van der Waals surface area contributed by atoms with Crippen molar-refractivity contribution in [1.29, 1.82) is 0 Å². The lowest BCUT2D eigenvalue weighted by Crippen LogP contribution is -2.65. The number of piperidine rings is 1. The van der Waals surface area contributed by atoms with Crippen LogP contribution in [-0.2, 0) is 13.0 Å². The first kappa shape index (κ1) is 17.8. The first-order valence-corrected chi connectivity index (χ1v) is 10.1. The number of likely N-dealkylation sites (tertiary alicyclic amines) is 1. The minimum absolute atomic E-state index is 0.174. The Morgan fingerprint density at radius 2 is 2.14 bits per heavy atom. The summed E-state index contributed by atoms with van der Waals surface area (Å²) in [7, 11) is 0. The monoisotopic (exact) mass is 441 g/mol. The largest absolute Gasteiger partial charge is 0.389 e. The van der Waals surface area contributed by atoms with Crippen molar-refractivity contribution >= 4 is 27.5 Å². The third-order valence-corrected chi connectivity index (χ3v) is 6.34. The molecule has 0 bridgehead atoms. The molecule has 1 saturated heterocycles. The van der Waals surface area contributed by atoms with Gasteiger partial charge in [-0.15, -0.1) is 0 Å². The van der Waals surface area contributed by atoms with Gasteiger partial charge in [-0.05, 0) is 46.0 Å². The van der Waals surface area contributed by atoms with E-state index in [1.807, 2.05) is 18.2 Å². The van der Waals surface area contributed by atoms with E-state index < -0.39 is 6.10 Å². The van der Waals surface area contributed by atoms with E-state index in [-0.39, 0.29) is 11.4 Å². The molecule has 4 heterocycles. The van der Waals surface area contributed by atoms with Gasteiger partial charge in [-0.25, -0.2) is 9.50 Å². The molecule has 0 unspecified atom stereocenters. The zero-order valence-corrected chi connectivity index (χ0v) is 16.8. The lowest BCUT2D eigenvalue weighted by atomic mass is 9.76. The van der Waals surface area contributed by atoms with Gasteiger partial charge in [0.05, 0.1) is 24.0 Å². The molecule has 2 aromatic heterocycles. The summed E-state index contributed by atoms with van der Waals surface area (Å²) in [6, 6.07) is 10.1. The SMILES string of the molecule is O=C(c1cn2ncc(Br)cc2n1)N1CC[C@]2(Cc3ccccc3CN2)[C@H](O)C1. The van der Waals surface area contributed by atoms with Crippen LogP contribution in [0.3, 0.4) is 0 Å². The lowest BCUT2D eigenvalue weighted by Gasteiger charge is -2.48. The summed E-state index contributed by atoms with van der Waals surface area (Å²) in [4.78, 5) is 19.0. The van der Waals surface area contributed by atoms with Crippen LogP contribution < -0.4 is 5.32 Å². The smallest absolute Gasteiger partial charge is 0.274 e. The Kier molecular flexibility index (Phi) is 4.22. The van der Waals surface area contributed by atoms with Crippen LogP contribution in [0.25, 0.3) is 5.65 Å². The highest BCUT2D eigenvalue weighted by Crippen LogP contribution is 2.32. The van der Waals surface area contributed by atoms with Gasteiger partial charge in [-0.2, -0.15) is 5.10 Å². The number of hydrogen-bond acceptors (Lipinski definition) is 5. The fraction of sp³-hybridized carbons (Fsp3) is 0.350. The van der Waals surface area contributed by atoms with Crippen molar-refractivity contribution in [2.45, 2.75) is 31.0 Å². The van der Waals surface area contributed by atoms with E-state index in [2.05, 4.69) is 43.5 Å². The summed E-state index contributed by atoms with van der Waals surface area (Å²) >= 11 is 3.36. The molecule has 1 amide bonds. The maximum Gasteiger partial charge on any atom is 0.274 e. The Morgan fingerprint density at radius 1 is 1.32 bits per heavy atom. The third kappa shape index (κ3) is 2.92. The topological polar surface area (TPSA) is 82.8 Å². The van der Waals surface area contributed by atoms with E-state index in [1.54, 1.807) is 21.8 Å². The third-order valence-electron chi connectivity index (χ3n) is 5.91. The molecule has 8 heteroatoms. The fourth-order valence-electron chi connectivity index (χ4n) is 4.27. The van der Waals surface area contributed by atoms with Crippen LogP contribution in [0.5, 0.6) is 0 Å². The molecule has 28 heavy (non-hydrogen) atoms.